The lowest BCUT2D eigenvalue weighted by Gasteiger charge is -2.17. The fourth-order valence-corrected chi connectivity index (χ4v) is 2.00. The highest BCUT2D eigenvalue weighted by Gasteiger charge is 2.13. The van der Waals surface area contributed by atoms with Gasteiger partial charge in [-0.3, -0.25) is 0 Å². The van der Waals surface area contributed by atoms with Crippen LogP contribution in [0.15, 0.2) is 0 Å². The Hall–Kier alpha value is -0.520. The maximum absolute atomic E-state index is 9.73. The van der Waals surface area contributed by atoms with E-state index in [0.29, 0.717) is 0 Å². The van der Waals surface area contributed by atoms with Gasteiger partial charge < -0.3 is 64.5 Å². The standard InChI is InChI=1S/C18H38O13/c19-1-13(21)3-27-5-15(23)7-29-9-17(25)11-31-12-18(26)10-30-8-16(24)6-28-4-14(22)2-20/h13-26H,1-12H2. The van der Waals surface area contributed by atoms with Gasteiger partial charge in [0.1, 0.15) is 36.6 Å². The Morgan fingerprint density at radius 2 is 0.484 bits per heavy atom. The molecule has 6 unspecified atom stereocenters. The van der Waals surface area contributed by atoms with Crippen LogP contribution in [0.2, 0.25) is 0 Å². The third-order valence-electron chi connectivity index (χ3n) is 3.52. The summed E-state index contributed by atoms with van der Waals surface area (Å²) in [5.74, 6) is 0. The van der Waals surface area contributed by atoms with Crippen LogP contribution in [0, 0.1) is 0 Å². The summed E-state index contributed by atoms with van der Waals surface area (Å²) >= 11 is 0. The molecule has 31 heavy (non-hydrogen) atoms. The van der Waals surface area contributed by atoms with Gasteiger partial charge in [-0.05, 0) is 0 Å². The minimum atomic E-state index is -1.01. The number of ether oxygens (including phenoxy) is 5. The molecule has 0 heterocycles. The molecular weight excluding hydrogens is 424 g/mol. The first-order valence-corrected chi connectivity index (χ1v) is 9.97. The van der Waals surface area contributed by atoms with E-state index in [9.17, 15) is 20.4 Å². The predicted octanol–water partition coefficient (Wildman–Crippen LogP) is -4.78. The SMILES string of the molecule is OCC(O)COCC(O)COCC(O)COCC(O)COCC(O)COCC(O)CO. The van der Waals surface area contributed by atoms with Gasteiger partial charge >= 0.3 is 0 Å². The van der Waals surface area contributed by atoms with Crippen molar-refractivity contribution >= 4 is 0 Å². The predicted molar refractivity (Wildman–Crippen MR) is 104 cm³/mol. The van der Waals surface area contributed by atoms with E-state index in [1.165, 1.54) is 0 Å². The zero-order chi connectivity index (χ0) is 23.5. The van der Waals surface area contributed by atoms with Crippen LogP contribution in [-0.2, 0) is 23.7 Å². The van der Waals surface area contributed by atoms with Crippen molar-refractivity contribution in [2.24, 2.45) is 0 Å². The lowest BCUT2D eigenvalue weighted by molar-refractivity contribution is -0.0840. The summed E-state index contributed by atoms with van der Waals surface area (Å²) < 4.78 is 25.3. The molecule has 13 nitrogen and oxygen atoms in total. The first-order chi connectivity index (χ1) is 14.8. The lowest BCUT2D eigenvalue weighted by Crippen LogP contribution is -2.31. The summed E-state index contributed by atoms with van der Waals surface area (Å²) in [6.45, 7) is -1.95. The van der Waals surface area contributed by atoms with Crippen molar-refractivity contribution in [1.29, 1.82) is 0 Å². The molecule has 0 fully saturated rings. The van der Waals surface area contributed by atoms with Crippen LogP contribution in [0.4, 0.5) is 0 Å². The van der Waals surface area contributed by atoms with Crippen LogP contribution in [0.3, 0.4) is 0 Å². The highest BCUT2D eigenvalue weighted by atomic mass is 16.5. The fraction of sp³-hybridized carbons (Fsp3) is 1.00. The maximum Gasteiger partial charge on any atom is 0.101 e. The zero-order valence-electron chi connectivity index (χ0n) is 17.6. The third-order valence-corrected chi connectivity index (χ3v) is 3.52. The van der Waals surface area contributed by atoms with Gasteiger partial charge in [0.2, 0.25) is 0 Å². The highest BCUT2D eigenvalue weighted by Crippen LogP contribution is 1.96. The molecule has 188 valence electrons. The van der Waals surface area contributed by atoms with Crippen molar-refractivity contribution in [3.05, 3.63) is 0 Å². The topological polar surface area (TPSA) is 208 Å². The van der Waals surface area contributed by atoms with E-state index in [1.807, 2.05) is 0 Å². The molecule has 0 rings (SSSR count). The summed E-state index contributed by atoms with van der Waals surface area (Å²) in [5, 5.41) is 74.0. The molecule has 0 amide bonds. The number of hydrogen-bond acceptors (Lipinski definition) is 13. The first-order valence-electron chi connectivity index (χ1n) is 9.97. The molecule has 0 spiro atoms. The fourth-order valence-electron chi connectivity index (χ4n) is 2.00. The van der Waals surface area contributed by atoms with E-state index in [1.54, 1.807) is 0 Å². The molecule has 0 aliphatic heterocycles. The Bertz CT molecular complexity index is 355. The van der Waals surface area contributed by atoms with Gasteiger partial charge in [0.25, 0.3) is 0 Å². The molecule has 0 aromatic carbocycles. The largest absolute Gasteiger partial charge is 0.394 e. The quantitative estimate of drug-likeness (QED) is 0.0761. The molecule has 0 aliphatic rings. The lowest BCUT2D eigenvalue weighted by atomic mass is 10.3. The van der Waals surface area contributed by atoms with Gasteiger partial charge in [-0.2, -0.15) is 0 Å². The third kappa shape index (κ3) is 19.9. The number of aliphatic hydroxyl groups is 8. The first kappa shape index (κ1) is 30.5. The van der Waals surface area contributed by atoms with E-state index in [-0.39, 0.29) is 66.1 Å². The minimum Gasteiger partial charge on any atom is -0.394 e. The number of aliphatic hydroxyl groups excluding tert-OH is 8. The second kappa shape index (κ2) is 20.1. The van der Waals surface area contributed by atoms with Crippen LogP contribution >= 0.6 is 0 Å². The monoisotopic (exact) mass is 462 g/mol. The summed E-state index contributed by atoms with van der Waals surface area (Å²) in [4.78, 5) is 0. The van der Waals surface area contributed by atoms with E-state index < -0.39 is 49.8 Å². The average Bonchev–Trinajstić information content (AvgIpc) is 2.73. The number of hydrogen-bond donors (Lipinski definition) is 8. The van der Waals surface area contributed by atoms with Gasteiger partial charge in [0.15, 0.2) is 0 Å². The molecule has 6 atom stereocenters. The molecule has 0 saturated heterocycles. The second-order valence-corrected chi connectivity index (χ2v) is 6.98. The molecule has 0 aromatic rings. The normalized spacial score (nSPS) is 17.8. The van der Waals surface area contributed by atoms with Crippen molar-refractivity contribution in [3.63, 3.8) is 0 Å². The molecule has 0 aromatic heterocycles. The van der Waals surface area contributed by atoms with Crippen LogP contribution in [0.5, 0.6) is 0 Å². The van der Waals surface area contributed by atoms with E-state index in [2.05, 4.69) is 0 Å². The van der Waals surface area contributed by atoms with Crippen LogP contribution in [-0.4, -0.2) is 157 Å². The summed E-state index contributed by atoms with van der Waals surface area (Å²) in [6, 6.07) is 0. The average molecular weight is 462 g/mol. The van der Waals surface area contributed by atoms with Crippen molar-refractivity contribution in [2.45, 2.75) is 36.6 Å². The van der Waals surface area contributed by atoms with Crippen LogP contribution in [0.1, 0.15) is 0 Å². The van der Waals surface area contributed by atoms with Gasteiger partial charge in [0, 0.05) is 0 Å². The minimum absolute atomic E-state index is 0.0959. The Morgan fingerprint density at radius 3 is 0.645 bits per heavy atom. The van der Waals surface area contributed by atoms with Crippen molar-refractivity contribution in [2.75, 3.05) is 79.3 Å². The summed E-state index contributed by atoms with van der Waals surface area (Å²) in [7, 11) is 0. The Balaban J connectivity index is 3.60. The summed E-state index contributed by atoms with van der Waals surface area (Å²) in [6.07, 6.45) is -5.90. The van der Waals surface area contributed by atoms with Crippen LogP contribution < -0.4 is 0 Å². The number of rotatable bonds is 22. The van der Waals surface area contributed by atoms with Gasteiger partial charge in [-0.25, -0.2) is 0 Å². The molecule has 13 heteroatoms. The molecule has 0 saturated carbocycles. The molecule has 0 radical (unpaired) electrons. The van der Waals surface area contributed by atoms with Crippen molar-refractivity contribution in [1.82, 2.24) is 0 Å². The smallest absolute Gasteiger partial charge is 0.101 e. The Morgan fingerprint density at radius 1 is 0.323 bits per heavy atom. The molecule has 0 bridgehead atoms. The van der Waals surface area contributed by atoms with Gasteiger partial charge in [0.05, 0.1) is 79.3 Å². The van der Waals surface area contributed by atoms with E-state index in [4.69, 9.17) is 44.1 Å². The van der Waals surface area contributed by atoms with E-state index in [0.717, 1.165) is 0 Å². The molecule has 8 N–H and O–H groups in total. The van der Waals surface area contributed by atoms with Crippen molar-refractivity contribution < 1.29 is 64.5 Å². The maximum atomic E-state index is 9.73. The van der Waals surface area contributed by atoms with Crippen LogP contribution in [0.25, 0.3) is 0 Å². The Kier molecular flexibility index (Phi) is 19.8. The second-order valence-electron chi connectivity index (χ2n) is 6.98. The van der Waals surface area contributed by atoms with Crippen molar-refractivity contribution in [3.8, 4) is 0 Å². The summed E-state index contributed by atoms with van der Waals surface area (Å²) in [5.41, 5.74) is 0. The van der Waals surface area contributed by atoms with Gasteiger partial charge in [-0.1, -0.05) is 0 Å². The van der Waals surface area contributed by atoms with Gasteiger partial charge in [-0.15, -0.1) is 0 Å². The highest BCUT2D eigenvalue weighted by molar-refractivity contribution is 4.59. The Labute approximate surface area is 181 Å². The molecular formula is C18H38O13. The molecule has 0 aliphatic carbocycles. The van der Waals surface area contributed by atoms with E-state index >= 15 is 0 Å². The zero-order valence-corrected chi connectivity index (χ0v) is 17.6.